The van der Waals surface area contributed by atoms with Gasteiger partial charge < -0.3 is 7.43 Å². The Balaban J connectivity index is 0.000000894. The molecule has 0 heterocycles. The first kappa shape index (κ1) is 56.7. The maximum absolute atomic E-state index is 3.86. The normalized spacial score (nSPS) is 9.32. The van der Waals surface area contributed by atoms with Gasteiger partial charge in [0, 0.05) is 0 Å². The minimum Gasteiger partial charge on any atom is -0.358 e. The molecule has 8 aromatic carbocycles. The first-order valence-corrected chi connectivity index (χ1v) is 19.8. The second-order valence-corrected chi connectivity index (χ2v) is 15.0. The van der Waals surface area contributed by atoms with E-state index in [1.807, 2.05) is 24.3 Å². The van der Waals surface area contributed by atoms with Crippen molar-refractivity contribution in [3.05, 3.63) is 276 Å². The summed E-state index contributed by atoms with van der Waals surface area (Å²) < 4.78 is 0. The van der Waals surface area contributed by atoms with Crippen LogP contribution in [-0.2, 0) is 47.0 Å². The fourth-order valence-electron chi connectivity index (χ4n) is 6.06. The van der Waals surface area contributed by atoms with E-state index in [1.165, 1.54) is 77.9 Å². The maximum atomic E-state index is 3.86. The van der Waals surface area contributed by atoms with Gasteiger partial charge >= 0.3 is 34.1 Å². The van der Waals surface area contributed by atoms with Crippen LogP contribution in [0, 0.1) is 62.0 Å². The van der Waals surface area contributed by atoms with Crippen LogP contribution in [0.25, 0.3) is 22.3 Å². The van der Waals surface area contributed by atoms with Gasteiger partial charge in [0.05, 0.1) is 0 Å². The third-order valence-corrected chi connectivity index (χ3v) is 9.74. The molecule has 62 heavy (non-hydrogen) atoms. The molecule has 0 saturated carbocycles. The van der Waals surface area contributed by atoms with Gasteiger partial charge in [-0.25, -0.2) is 0 Å². The molecule has 0 aliphatic rings. The SMILES string of the molecule is C.C.Cc1ccc(-c2ccc(Cc3ccc(-c4ccc(C)cc4)cc3)cc2)cc1.Cc1ccc(C)cc1.Cc1ccc(C)cc1.[CH2-]c1ccc(Cc2cc[c-]cc2)cc1.[CH3-].[Cu+2].[Cu+]. The predicted molar refractivity (Wildman–Crippen MR) is 267 cm³/mol. The molecular weight excluding hydrogens is 848 g/mol. The Hall–Kier alpha value is -5.33. The van der Waals surface area contributed by atoms with Gasteiger partial charge in [0.2, 0.25) is 0 Å². The number of aryl methyl sites for hydroxylation is 6. The van der Waals surface area contributed by atoms with Crippen LogP contribution in [0.3, 0.4) is 0 Å². The Morgan fingerprint density at radius 1 is 0.323 bits per heavy atom. The summed E-state index contributed by atoms with van der Waals surface area (Å²) in [5.74, 6) is 0. The van der Waals surface area contributed by atoms with Crippen LogP contribution in [0.4, 0.5) is 0 Å². The zero-order chi connectivity index (χ0) is 40.4. The van der Waals surface area contributed by atoms with Crippen LogP contribution in [0.15, 0.2) is 194 Å². The second kappa shape index (κ2) is 29.8. The van der Waals surface area contributed by atoms with E-state index in [4.69, 9.17) is 0 Å². The Morgan fingerprint density at radius 2 is 0.516 bits per heavy atom. The molecule has 0 aromatic heterocycles. The molecule has 1 radical (unpaired) electrons. The largest absolute Gasteiger partial charge is 2.00 e. The zero-order valence-corrected chi connectivity index (χ0v) is 38.1. The summed E-state index contributed by atoms with van der Waals surface area (Å²) >= 11 is 0. The molecule has 0 spiro atoms. The quantitative estimate of drug-likeness (QED) is 0.115. The molecule has 0 amide bonds. The third kappa shape index (κ3) is 20.0. The van der Waals surface area contributed by atoms with Gasteiger partial charge in [-0.05, 0) is 87.8 Å². The van der Waals surface area contributed by atoms with Crippen LogP contribution in [0.2, 0.25) is 0 Å². The van der Waals surface area contributed by atoms with E-state index in [1.54, 1.807) is 0 Å². The minimum absolute atomic E-state index is 0. The number of hydrogen-bond acceptors (Lipinski definition) is 0. The molecule has 0 atom stereocenters. The van der Waals surface area contributed by atoms with Crippen molar-refractivity contribution in [1.29, 1.82) is 0 Å². The fourth-order valence-corrected chi connectivity index (χ4v) is 6.06. The molecule has 8 aromatic rings. The van der Waals surface area contributed by atoms with E-state index in [-0.39, 0.29) is 56.4 Å². The maximum Gasteiger partial charge on any atom is 2.00 e. The molecule has 0 fully saturated rings. The van der Waals surface area contributed by atoms with Crippen LogP contribution < -0.4 is 0 Å². The summed E-state index contributed by atoms with van der Waals surface area (Å²) in [6.07, 6.45) is 1.94. The number of hydrogen-bond donors (Lipinski definition) is 0. The Bertz CT molecular complexity index is 2150. The van der Waals surface area contributed by atoms with Gasteiger partial charge in [-0.2, -0.15) is 60.5 Å². The van der Waals surface area contributed by atoms with Gasteiger partial charge in [0.15, 0.2) is 0 Å². The molecule has 0 unspecified atom stereocenters. The van der Waals surface area contributed by atoms with Crippen molar-refractivity contribution >= 4 is 0 Å². The van der Waals surface area contributed by atoms with E-state index in [2.05, 4.69) is 224 Å². The summed E-state index contributed by atoms with van der Waals surface area (Å²) in [6, 6.07) is 71.7. The first-order valence-electron chi connectivity index (χ1n) is 19.8. The molecule has 8 rings (SSSR count). The van der Waals surface area contributed by atoms with Crippen molar-refractivity contribution in [2.75, 3.05) is 0 Å². The molecule has 0 bridgehead atoms. The number of rotatable bonds is 6. The molecule has 329 valence electrons. The predicted octanol–water partition coefficient (Wildman–Crippen LogP) is 16.8. The molecule has 0 nitrogen and oxygen atoms in total. The average Bonchev–Trinajstić information content (AvgIpc) is 3.23. The first-order chi connectivity index (χ1) is 27.6. The van der Waals surface area contributed by atoms with E-state index >= 15 is 0 Å². The van der Waals surface area contributed by atoms with Crippen molar-refractivity contribution in [2.45, 2.75) is 69.2 Å². The smallest absolute Gasteiger partial charge is 0.358 e. The van der Waals surface area contributed by atoms with Gasteiger partial charge in [0.1, 0.15) is 0 Å². The van der Waals surface area contributed by atoms with Gasteiger partial charge in [-0.3, -0.25) is 0 Å². The van der Waals surface area contributed by atoms with Gasteiger partial charge in [-0.1, -0.05) is 199 Å². The topological polar surface area (TPSA) is 0 Å². The summed E-state index contributed by atoms with van der Waals surface area (Å²) in [4.78, 5) is 0. The minimum atomic E-state index is 0. The molecule has 0 aliphatic carbocycles. The van der Waals surface area contributed by atoms with E-state index in [9.17, 15) is 0 Å². The molecule has 2 heteroatoms. The van der Waals surface area contributed by atoms with Gasteiger partial charge in [0.25, 0.3) is 0 Å². The monoisotopic (exact) mass is 913 g/mol. The summed E-state index contributed by atoms with van der Waals surface area (Å²) in [5, 5.41) is 0. The van der Waals surface area contributed by atoms with Crippen molar-refractivity contribution in [3.63, 3.8) is 0 Å². The second-order valence-electron chi connectivity index (χ2n) is 15.0. The molecular formula is C60H67Cu2. The Labute approximate surface area is 398 Å². The molecule has 0 N–H and O–H groups in total. The zero-order valence-electron chi connectivity index (χ0n) is 36.2. The van der Waals surface area contributed by atoms with Crippen molar-refractivity contribution in [3.8, 4) is 22.3 Å². The van der Waals surface area contributed by atoms with Gasteiger partial charge in [-0.15, -0.1) is 12.1 Å². The molecule has 0 aliphatic heterocycles. The van der Waals surface area contributed by atoms with E-state index < -0.39 is 0 Å². The van der Waals surface area contributed by atoms with Crippen LogP contribution in [0.1, 0.15) is 76.1 Å². The summed E-state index contributed by atoms with van der Waals surface area (Å²) in [7, 11) is 0. The summed E-state index contributed by atoms with van der Waals surface area (Å²) in [5.41, 5.74) is 19.4. The Kier molecular flexibility index (Phi) is 27.3. The standard InChI is InChI=1S/C27H24.C14H12.2C8H10.2CH4.CH3.2Cu/c1-20-3-11-24(12-4-20)26-15-7-22(8-16-26)19-23-9-17-27(18-10-23)25-13-5-21(2)6-14-25;1-12-7-9-14(10-8-12)11-13-5-3-2-4-6-13;2*1-7-3-5-8(2)6-4-7;;;;;/h3-18H,19H2,1-2H3;3-10H,1,11H2;2*3-6H,1-2H3;2*1H4;1H3;;/q;-2;;;;;-1;+1;+2. The third-order valence-electron chi connectivity index (χ3n) is 9.74. The fraction of sp³-hybridized carbons (Fsp3) is 0.167. The van der Waals surface area contributed by atoms with Crippen molar-refractivity contribution < 1.29 is 34.1 Å². The van der Waals surface area contributed by atoms with E-state index in [0.717, 1.165) is 18.4 Å². The van der Waals surface area contributed by atoms with Crippen LogP contribution in [0.5, 0.6) is 0 Å². The molecule has 0 saturated heterocycles. The summed E-state index contributed by atoms with van der Waals surface area (Å²) in [6.45, 7) is 16.5. The van der Waals surface area contributed by atoms with Crippen molar-refractivity contribution in [1.82, 2.24) is 0 Å². The van der Waals surface area contributed by atoms with Crippen molar-refractivity contribution in [2.24, 2.45) is 0 Å². The van der Waals surface area contributed by atoms with Crippen LogP contribution in [-0.4, -0.2) is 0 Å². The van der Waals surface area contributed by atoms with Crippen LogP contribution >= 0.6 is 0 Å². The average molecular weight is 915 g/mol. The number of benzene rings is 8. The van der Waals surface area contributed by atoms with E-state index in [0.29, 0.717) is 0 Å². The Morgan fingerprint density at radius 3 is 0.774 bits per heavy atom.